The molecule has 1 aliphatic rings. The SMILES string of the molecule is CC(=O)N1CCN(C(=O)c2ccc(-n3cccn3)nc2)C[C@H](Cc2cccc3ncccc23)C1. The van der Waals surface area contributed by atoms with E-state index in [0.29, 0.717) is 37.6 Å². The third-order valence-electron chi connectivity index (χ3n) is 6.31. The van der Waals surface area contributed by atoms with E-state index in [9.17, 15) is 9.59 Å². The minimum absolute atomic E-state index is 0.0316. The molecule has 4 heterocycles. The van der Waals surface area contributed by atoms with Crippen LogP contribution in [0.15, 0.2) is 73.3 Å². The minimum Gasteiger partial charge on any atom is -0.341 e. The molecule has 5 rings (SSSR count). The van der Waals surface area contributed by atoms with E-state index in [1.807, 2.05) is 40.3 Å². The van der Waals surface area contributed by atoms with Crippen LogP contribution >= 0.6 is 0 Å². The third-order valence-corrected chi connectivity index (χ3v) is 6.31. The zero-order chi connectivity index (χ0) is 23.5. The van der Waals surface area contributed by atoms with E-state index in [-0.39, 0.29) is 17.7 Å². The normalized spacial score (nSPS) is 16.4. The summed E-state index contributed by atoms with van der Waals surface area (Å²) >= 11 is 0. The van der Waals surface area contributed by atoms with E-state index in [4.69, 9.17) is 0 Å². The lowest BCUT2D eigenvalue weighted by atomic mass is 9.95. The number of hydrogen-bond donors (Lipinski definition) is 0. The molecule has 4 aromatic rings. The molecule has 0 radical (unpaired) electrons. The maximum absolute atomic E-state index is 13.4. The molecule has 172 valence electrons. The van der Waals surface area contributed by atoms with Crippen LogP contribution < -0.4 is 0 Å². The van der Waals surface area contributed by atoms with E-state index in [1.54, 1.807) is 42.3 Å². The second-order valence-corrected chi connectivity index (χ2v) is 8.63. The molecule has 34 heavy (non-hydrogen) atoms. The fraction of sp³-hybridized carbons (Fsp3) is 0.269. The van der Waals surface area contributed by atoms with Gasteiger partial charge in [0.25, 0.3) is 5.91 Å². The summed E-state index contributed by atoms with van der Waals surface area (Å²) in [5.74, 6) is 0.721. The Morgan fingerprint density at radius 1 is 0.941 bits per heavy atom. The highest BCUT2D eigenvalue weighted by Gasteiger charge is 2.28. The summed E-state index contributed by atoms with van der Waals surface area (Å²) in [6, 6.07) is 15.5. The molecule has 0 unspecified atom stereocenters. The van der Waals surface area contributed by atoms with Crippen molar-refractivity contribution >= 4 is 22.7 Å². The van der Waals surface area contributed by atoms with Crippen molar-refractivity contribution < 1.29 is 9.59 Å². The molecule has 8 nitrogen and oxygen atoms in total. The van der Waals surface area contributed by atoms with Crippen LogP contribution in [0.25, 0.3) is 16.7 Å². The lowest BCUT2D eigenvalue weighted by molar-refractivity contribution is -0.129. The first-order valence-electron chi connectivity index (χ1n) is 11.4. The maximum Gasteiger partial charge on any atom is 0.255 e. The minimum atomic E-state index is -0.0745. The molecule has 0 aliphatic carbocycles. The number of carbonyl (C=O) groups is 2. The van der Waals surface area contributed by atoms with Crippen molar-refractivity contribution in [2.24, 2.45) is 5.92 Å². The topological polar surface area (TPSA) is 84.2 Å². The number of amides is 2. The van der Waals surface area contributed by atoms with Crippen LogP contribution in [0.3, 0.4) is 0 Å². The summed E-state index contributed by atoms with van der Waals surface area (Å²) in [6.45, 7) is 3.79. The Kier molecular flexibility index (Phi) is 6.03. The predicted molar refractivity (Wildman–Crippen MR) is 128 cm³/mol. The van der Waals surface area contributed by atoms with Crippen molar-refractivity contribution in [1.29, 1.82) is 0 Å². The number of benzene rings is 1. The van der Waals surface area contributed by atoms with Gasteiger partial charge in [-0.1, -0.05) is 18.2 Å². The summed E-state index contributed by atoms with van der Waals surface area (Å²) in [7, 11) is 0. The molecule has 1 atom stereocenters. The van der Waals surface area contributed by atoms with Crippen molar-refractivity contribution in [3.8, 4) is 5.82 Å². The summed E-state index contributed by atoms with van der Waals surface area (Å²) in [4.78, 5) is 38.2. The molecular formula is C26H26N6O2. The number of rotatable bonds is 4. The highest BCUT2D eigenvalue weighted by Crippen LogP contribution is 2.23. The largest absolute Gasteiger partial charge is 0.341 e. The molecular weight excluding hydrogens is 428 g/mol. The average Bonchev–Trinajstić information content (AvgIpc) is 3.32. The fourth-order valence-electron chi connectivity index (χ4n) is 4.60. The molecule has 0 bridgehead atoms. The Balaban J connectivity index is 1.38. The lowest BCUT2D eigenvalue weighted by Crippen LogP contribution is -2.36. The second kappa shape index (κ2) is 9.43. The van der Waals surface area contributed by atoms with Gasteiger partial charge < -0.3 is 9.80 Å². The van der Waals surface area contributed by atoms with Gasteiger partial charge in [0, 0.05) is 63.3 Å². The summed E-state index contributed by atoms with van der Waals surface area (Å²) in [5.41, 5.74) is 2.66. The van der Waals surface area contributed by atoms with Crippen LogP contribution in [0.1, 0.15) is 22.8 Å². The van der Waals surface area contributed by atoms with E-state index < -0.39 is 0 Å². The van der Waals surface area contributed by atoms with Gasteiger partial charge in [-0.15, -0.1) is 0 Å². The molecule has 0 spiro atoms. The molecule has 1 fully saturated rings. The van der Waals surface area contributed by atoms with E-state index in [0.717, 1.165) is 17.3 Å². The fourth-order valence-corrected chi connectivity index (χ4v) is 4.60. The predicted octanol–water partition coefficient (Wildman–Crippen LogP) is 2.98. The van der Waals surface area contributed by atoms with Gasteiger partial charge in [-0.05, 0) is 48.2 Å². The van der Waals surface area contributed by atoms with Crippen LogP contribution in [0.2, 0.25) is 0 Å². The number of fused-ring (bicyclic) bond motifs is 1. The Morgan fingerprint density at radius 2 is 1.79 bits per heavy atom. The quantitative estimate of drug-likeness (QED) is 0.473. The lowest BCUT2D eigenvalue weighted by Gasteiger charge is -2.25. The van der Waals surface area contributed by atoms with Crippen LogP contribution in [0.4, 0.5) is 0 Å². The van der Waals surface area contributed by atoms with Gasteiger partial charge in [0.15, 0.2) is 5.82 Å². The molecule has 1 aliphatic heterocycles. The van der Waals surface area contributed by atoms with Gasteiger partial charge in [-0.2, -0.15) is 5.10 Å². The van der Waals surface area contributed by atoms with Crippen molar-refractivity contribution in [1.82, 2.24) is 29.5 Å². The van der Waals surface area contributed by atoms with Gasteiger partial charge in [0.2, 0.25) is 5.91 Å². The van der Waals surface area contributed by atoms with Crippen molar-refractivity contribution in [2.45, 2.75) is 13.3 Å². The Hall–Kier alpha value is -4.07. The maximum atomic E-state index is 13.4. The van der Waals surface area contributed by atoms with Crippen molar-refractivity contribution in [2.75, 3.05) is 26.2 Å². The van der Waals surface area contributed by atoms with Gasteiger partial charge >= 0.3 is 0 Å². The van der Waals surface area contributed by atoms with Crippen LogP contribution in [-0.4, -0.2) is 67.5 Å². The monoisotopic (exact) mass is 454 g/mol. The molecule has 8 heteroatoms. The highest BCUT2D eigenvalue weighted by atomic mass is 16.2. The standard InChI is InChI=1S/C26H26N6O2/c1-19(33)30-13-14-31(26(34)22-8-9-25(28-16-22)32-12-4-11-29-32)18-20(17-30)15-21-5-2-7-24-23(21)6-3-10-27-24/h2-12,16,20H,13-15,17-18H2,1H3/t20-/m1/s1. The number of carbonyl (C=O) groups excluding carboxylic acids is 2. The molecule has 0 N–H and O–H groups in total. The Bertz CT molecular complexity index is 1300. The Labute approximate surface area is 197 Å². The van der Waals surface area contributed by atoms with E-state index in [1.165, 1.54) is 5.56 Å². The van der Waals surface area contributed by atoms with Crippen LogP contribution in [-0.2, 0) is 11.2 Å². The first kappa shape index (κ1) is 21.8. The summed E-state index contributed by atoms with van der Waals surface area (Å²) in [6.07, 6.45) is 7.64. The molecule has 1 aromatic carbocycles. The summed E-state index contributed by atoms with van der Waals surface area (Å²) < 4.78 is 1.65. The van der Waals surface area contributed by atoms with Gasteiger partial charge in [0.1, 0.15) is 0 Å². The van der Waals surface area contributed by atoms with E-state index >= 15 is 0 Å². The van der Waals surface area contributed by atoms with Crippen LogP contribution in [0, 0.1) is 5.92 Å². The van der Waals surface area contributed by atoms with E-state index in [2.05, 4.69) is 27.2 Å². The molecule has 1 saturated heterocycles. The van der Waals surface area contributed by atoms with Gasteiger partial charge in [-0.25, -0.2) is 9.67 Å². The van der Waals surface area contributed by atoms with Crippen LogP contribution in [0.5, 0.6) is 0 Å². The number of nitrogens with zero attached hydrogens (tertiary/aromatic N) is 6. The third kappa shape index (κ3) is 4.52. The first-order chi connectivity index (χ1) is 16.6. The molecule has 2 amide bonds. The average molecular weight is 455 g/mol. The molecule has 0 saturated carbocycles. The zero-order valence-corrected chi connectivity index (χ0v) is 19.0. The van der Waals surface area contributed by atoms with Gasteiger partial charge in [0.05, 0.1) is 11.1 Å². The first-order valence-corrected chi connectivity index (χ1v) is 11.4. The number of aromatic nitrogens is 4. The van der Waals surface area contributed by atoms with Crippen molar-refractivity contribution in [3.63, 3.8) is 0 Å². The number of hydrogen-bond acceptors (Lipinski definition) is 5. The smallest absolute Gasteiger partial charge is 0.255 e. The molecule has 3 aromatic heterocycles. The zero-order valence-electron chi connectivity index (χ0n) is 19.0. The highest BCUT2D eigenvalue weighted by molar-refractivity contribution is 5.94. The van der Waals surface area contributed by atoms with Crippen molar-refractivity contribution in [3.05, 3.63) is 84.4 Å². The number of pyridine rings is 2. The second-order valence-electron chi connectivity index (χ2n) is 8.63. The van der Waals surface area contributed by atoms with Gasteiger partial charge in [-0.3, -0.25) is 14.6 Å². The Morgan fingerprint density at radius 3 is 2.56 bits per heavy atom. The summed E-state index contributed by atoms with van der Waals surface area (Å²) in [5, 5.41) is 5.29.